The highest BCUT2D eigenvalue weighted by molar-refractivity contribution is 6.31. The molecule has 1 aromatic heterocycles. The van der Waals surface area contributed by atoms with Gasteiger partial charge in [0, 0.05) is 20.1 Å². The van der Waals surface area contributed by atoms with E-state index in [1.54, 1.807) is 4.68 Å². The van der Waals surface area contributed by atoms with E-state index in [0.29, 0.717) is 24.5 Å². The molecule has 0 aliphatic carbocycles. The molecule has 1 rings (SSSR count). The molecular weight excluding hydrogens is 230 g/mol. The summed E-state index contributed by atoms with van der Waals surface area (Å²) in [6.07, 6.45) is 0.352. The molecule has 0 unspecified atom stereocenters. The zero-order valence-electron chi connectivity index (χ0n) is 9.71. The van der Waals surface area contributed by atoms with Crippen LogP contribution in [-0.4, -0.2) is 29.4 Å². The van der Waals surface area contributed by atoms with Crippen molar-refractivity contribution in [3.63, 3.8) is 0 Å². The SMILES string of the molecule is COC(=O)CCNCc1c(Cl)c(C)nn1C. The van der Waals surface area contributed by atoms with Crippen LogP contribution in [0.4, 0.5) is 0 Å². The van der Waals surface area contributed by atoms with Crippen molar-refractivity contribution in [2.45, 2.75) is 19.9 Å². The fraction of sp³-hybridized carbons (Fsp3) is 0.600. The van der Waals surface area contributed by atoms with Gasteiger partial charge in [-0.05, 0) is 6.92 Å². The summed E-state index contributed by atoms with van der Waals surface area (Å²) in [6.45, 7) is 3.01. The molecule has 0 saturated carbocycles. The number of hydrogen-bond donors (Lipinski definition) is 1. The average molecular weight is 246 g/mol. The van der Waals surface area contributed by atoms with Gasteiger partial charge in [-0.2, -0.15) is 5.10 Å². The van der Waals surface area contributed by atoms with Crippen molar-refractivity contribution in [3.8, 4) is 0 Å². The number of nitrogens with one attached hydrogen (secondary N) is 1. The average Bonchev–Trinajstić information content (AvgIpc) is 2.49. The van der Waals surface area contributed by atoms with Gasteiger partial charge in [0.05, 0.1) is 29.9 Å². The maximum Gasteiger partial charge on any atom is 0.306 e. The summed E-state index contributed by atoms with van der Waals surface area (Å²) in [5.41, 5.74) is 1.73. The normalized spacial score (nSPS) is 10.5. The summed E-state index contributed by atoms with van der Waals surface area (Å²) in [4.78, 5) is 10.9. The van der Waals surface area contributed by atoms with Gasteiger partial charge in [0.15, 0.2) is 0 Å². The molecular formula is C10H16ClN3O2. The highest BCUT2D eigenvalue weighted by Crippen LogP contribution is 2.18. The molecule has 1 N–H and O–H groups in total. The van der Waals surface area contributed by atoms with Crippen molar-refractivity contribution in [2.75, 3.05) is 13.7 Å². The van der Waals surface area contributed by atoms with Crippen LogP contribution in [0, 0.1) is 6.92 Å². The maximum atomic E-state index is 10.9. The smallest absolute Gasteiger partial charge is 0.306 e. The van der Waals surface area contributed by atoms with Gasteiger partial charge < -0.3 is 10.1 Å². The Labute approximate surface area is 99.7 Å². The number of carbonyl (C=O) groups excluding carboxylic acids is 1. The van der Waals surface area contributed by atoms with Crippen molar-refractivity contribution in [3.05, 3.63) is 16.4 Å². The summed E-state index contributed by atoms with van der Waals surface area (Å²) in [7, 11) is 3.22. The van der Waals surface area contributed by atoms with Crippen LogP contribution in [-0.2, 0) is 23.1 Å². The minimum atomic E-state index is -0.222. The Bertz CT molecular complexity index is 376. The molecule has 0 aliphatic rings. The molecule has 0 amide bonds. The molecule has 0 bridgehead atoms. The summed E-state index contributed by atoms with van der Waals surface area (Å²) >= 11 is 6.07. The molecule has 0 fully saturated rings. The number of ether oxygens (including phenoxy) is 1. The molecule has 1 aromatic rings. The van der Waals surface area contributed by atoms with Crippen LogP contribution < -0.4 is 5.32 Å². The fourth-order valence-corrected chi connectivity index (χ4v) is 1.60. The van der Waals surface area contributed by atoms with Crippen LogP contribution in [0.25, 0.3) is 0 Å². The molecule has 0 spiro atoms. The monoisotopic (exact) mass is 245 g/mol. The van der Waals surface area contributed by atoms with Gasteiger partial charge in [-0.25, -0.2) is 0 Å². The van der Waals surface area contributed by atoms with Gasteiger partial charge in [0.1, 0.15) is 0 Å². The second-order valence-corrected chi connectivity index (χ2v) is 3.85. The predicted molar refractivity (Wildman–Crippen MR) is 61.3 cm³/mol. The Balaban J connectivity index is 2.40. The number of carbonyl (C=O) groups is 1. The van der Waals surface area contributed by atoms with Crippen molar-refractivity contribution in [1.29, 1.82) is 0 Å². The topological polar surface area (TPSA) is 56.1 Å². The van der Waals surface area contributed by atoms with Crippen LogP contribution in [0.3, 0.4) is 0 Å². The third-order valence-corrected chi connectivity index (χ3v) is 2.78. The first-order valence-electron chi connectivity index (χ1n) is 5.01. The molecule has 0 aliphatic heterocycles. The zero-order valence-corrected chi connectivity index (χ0v) is 10.5. The Morgan fingerprint density at radius 2 is 2.31 bits per heavy atom. The highest BCUT2D eigenvalue weighted by Gasteiger charge is 2.10. The molecule has 0 radical (unpaired) electrons. The number of aryl methyl sites for hydroxylation is 2. The number of nitrogens with zero attached hydrogens (tertiary/aromatic N) is 2. The molecule has 1 heterocycles. The van der Waals surface area contributed by atoms with E-state index in [9.17, 15) is 4.79 Å². The van der Waals surface area contributed by atoms with E-state index in [1.165, 1.54) is 7.11 Å². The third-order valence-electron chi connectivity index (χ3n) is 2.29. The predicted octanol–water partition coefficient (Wildman–Crippen LogP) is 1.03. The Morgan fingerprint density at radius 1 is 1.62 bits per heavy atom. The maximum absolute atomic E-state index is 10.9. The van der Waals surface area contributed by atoms with Gasteiger partial charge in [0.2, 0.25) is 0 Å². The second kappa shape index (κ2) is 5.86. The quantitative estimate of drug-likeness (QED) is 0.622. The molecule has 6 heteroatoms. The van der Waals surface area contributed by atoms with E-state index in [0.717, 1.165) is 11.4 Å². The number of halogens is 1. The van der Waals surface area contributed by atoms with Crippen molar-refractivity contribution >= 4 is 17.6 Å². The van der Waals surface area contributed by atoms with E-state index in [-0.39, 0.29) is 5.97 Å². The first-order chi connectivity index (χ1) is 7.56. The Hall–Kier alpha value is -1.07. The molecule has 5 nitrogen and oxygen atoms in total. The van der Waals surface area contributed by atoms with Crippen molar-refractivity contribution in [1.82, 2.24) is 15.1 Å². The lowest BCUT2D eigenvalue weighted by Crippen LogP contribution is -2.20. The number of rotatable bonds is 5. The van der Waals surface area contributed by atoms with E-state index < -0.39 is 0 Å². The van der Waals surface area contributed by atoms with Crippen LogP contribution in [0.2, 0.25) is 5.02 Å². The second-order valence-electron chi connectivity index (χ2n) is 3.47. The van der Waals surface area contributed by atoms with Crippen molar-refractivity contribution < 1.29 is 9.53 Å². The summed E-state index contributed by atoms with van der Waals surface area (Å²) in [6, 6.07) is 0. The largest absolute Gasteiger partial charge is 0.469 e. The molecule has 0 aromatic carbocycles. The highest BCUT2D eigenvalue weighted by atomic mass is 35.5. The molecule has 16 heavy (non-hydrogen) atoms. The van der Waals surface area contributed by atoms with Crippen LogP contribution >= 0.6 is 11.6 Å². The first kappa shape index (κ1) is 13.0. The number of aromatic nitrogens is 2. The lowest BCUT2D eigenvalue weighted by atomic mass is 10.3. The van der Waals surface area contributed by atoms with Crippen LogP contribution in [0.5, 0.6) is 0 Å². The first-order valence-corrected chi connectivity index (χ1v) is 5.39. The number of methoxy groups -OCH3 is 1. The van der Waals surface area contributed by atoms with Gasteiger partial charge in [-0.15, -0.1) is 0 Å². The van der Waals surface area contributed by atoms with Gasteiger partial charge in [0.25, 0.3) is 0 Å². The van der Waals surface area contributed by atoms with E-state index in [1.807, 2.05) is 14.0 Å². The zero-order chi connectivity index (χ0) is 12.1. The third kappa shape index (κ3) is 3.21. The fourth-order valence-electron chi connectivity index (χ4n) is 1.37. The van der Waals surface area contributed by atoms with Crippen molar-refractivity contribution in [2.24, 2.45) is 7.05 Å². The molecule has 0 atom stereocenters. The lowest BCUT2D eigenvalue weighted by molar-refractivity contribution is -0.140. The van der Waals surface area contributed by atoms with E-state index >= 15 is 0 Å². The van der Waals surface area contributed by atoms with Gasteiger partial charge >= 0.3 is 5.97 Å². The van der Waals surface area contributed by atoms with E-state index in [2.05, 4.69) is 15.2 Å². The Kier molecular flexibility index (Phi) is 4.76. The lowest BCUT2D eigenvalue weighted by Gasteiger charge is -2.05. The van der Waals surface area contributed by atoms with Gasteiger partial charge in [-0.1, -0.05) is 11.6 Å². The summed E-state index contributed by atoms with van der Waals surface area (Å²) < 4.78 is 6.27. The molecule has 0 saturated heterocycles. The number of esters is 1. The minimum Gasteiger partial charge on any atom is -0.469 e. The van der Waals surface area contributed by atoms with Crippen LogP contribution in [0.15, 0.2) is 0 Å². The van der Waals surface area contributed by atoms with Gasteiger partial charge in [-0.3, -0.25) is 9.48 Å². The number of hydrogen-bond acceptors (Lipinski definition) is 4. The minimum absolute atomic E-state index is 0.222. The Morgan fingerprint density at radius 3 is 2.81 bits per heavy atom. The van der Waals surface area contributed by atoms with Crippen LogP contribution in [0.1, 0.15) is 17.8 Å². The summed E-state index contributed by atoms with van der Waals surface area (Å²) in [5.74, 6) is -0.222. The summed E-state index contributed by atoms with van der Waals surface area (Å²) in [5, 5.41) is 7.98. The standard InChI is InChI=1S/C10H16ClN3O2/c1-7-10(11)8(14(2)13-7)6-12-5-4-9(15)16-3/h12H,4-6H2,1-3H3. The molecule has 90 valence electrons. The van der Waals surface area contributed by atoms with E-state index in [4.69, 9.17) is 11.6 Å².